The fourth-order valence-corrected chi connectivity index (χ4v) is 3.91. The van der Waals surface area contributed by atoms with Gasteiger partial charge in [0.25, 0.3) is 5.91 Å². The van der Waals surface area contributed by atoms with E-state index in [1.165, 1.54) is 11.8 Å². The summed E-state index contributed by atoms with van der Waals surface area (Å²) in [6, 6.07) is 7.23. The summed E-state index contributed by atoms with van der Waals surface area (Å²) in [6.07, 6.45) is 1.88. The fourth-order valence-electron chi connectivity index (χ4n) is 1.82. The molecule has 7 heteroatoms. The van der Waals surface area contributed by atoms with Gasteiger partial charge in [0.2, 0.25) is 0 Å². The minimum atomic E-state index is -0.158. The van der Waals surface area contributed by atoms with Crippen molar-refractivity contribution in [1.29, 1.82) is 0 Å². The predicted molar refractivity (Wildman–Crippen MR) is 96.3 cm³/mol. The van der Waals surface area contributed by atoms with Crippen LogP contribution in [0, 0.1) is 6.92 Å². The van der Waals surface area contributed by atoms with Crippen LogP contribution in [0.1, 0.15) is 10.4 Å². The molecule has 22 heavy (non-hydrogen) atoms. The van der Waals surface area contributed by atoms with E-state index in [2.05, 4.69) is 10.3 Å². The van der Waals surface area contributed by atoms with Crippen molar-refractivity contribution in [3.05, 3.63) is 55.0 Å². The van der Waals surface area contributed by atoms with Gasteiger partial charge in [0, 0.05) is 4.88 Å². The summed E-state index contributed by atoms with van der Waals surface area (Å²) in [6.45, 7) is 2.02. The van der Waals surface area contributed by atoms with Crippen LogP contribution in [0.5, 0.6) is 0 Å². The maximum Gasteiger partial charge on any atom is 0.264 e. The van der Waals surface area contributed by atoms with Crippen LogP contribution in [0.2, 0.25) is 10.0 Å². The highest BCUT2D eigenvalue weighted by Crippen LogP contribution is 2.35. The summed E-state index contributed by atoms with van der Waals surface area (Å²) in [4.78, 5) is 18.1. The molecule has 2 aromatic rings. The van der Waals surface area contributed by atoms with Crippen molar-refractivity contribution in [2.45, 2.75) is 6.92 Å². The van der Waals surface area contributed by atoms with Crippen molar-refractivity contribution in [2.75, 3.05) is 0 Å². The molecule has 2 heterocycles. The molecule has 3 rings (SSSR count). The lowest BCUT2D eigenvalue weighted by Crippen LogP contribution is -2.19. The number of hydrogen-bond acceptors (Lipinski definition) is 4. The van der Waals surface area contributed by atoms with Crippen LogP contribution in [0.15, 0.2) is 39.5 Å². The van der Waals surface area contributed by atoms with E-state index in [9.17, 15) is 4.79 Å². The zero-order chi connectivity index (χ0) is 15.7. The van der Waals surface area contributed by atoms with E-state index in [1.807, 2.05) is 24.4 Å². The van der Waals surface area contributed by atoms with Crippen LogP contribution in [0.4, 0.5) is 5.69 Å². The number of nitrogens with zero attached hydrogens (tertiary/aromatic N) is 1. The van der Waals surface area contributed by atoms with Gasteiger partial charge in [-0.05, 0) is 53.9 Å². The molecule has 0 radical (unpaired) electrons. The van der Waals surface area contributed by atoms with Crippen LogP contribution >= 0.6 is 46.3 Å². The van der Waals surface area contributed by atoms with Crippen LogP contribution in [-0.4, -0.2) is 11.1 Å². The molecule has 1 aromatic heterocycles. The quantitative estimate of drug-likeness (QED) is 0.734. The smallest absolute Gasteiger partial charge is 0.264 e. The highest BCUT2D eigenvalue weighted by molar-refractivity contribution is 8.18. The molecule has 0 atom stereocenters. The highest BCUT2D eigenvalue weighted by Gasteiger charge is 2.24. The Bertz CT molecular complexity index is 812. The number of benzene rings is 1. The Kier molecular flexibility index (Phi) is 4.59. The van der Waals surface area contributed by atoms with Gasteiger partial charge in [-0.15, -0.1) is 11.3 Å². The summed E-state index contributed by atoms with van der Waals surface area (Å²) in [7, 11) is 0. The molecule has 0 saturated carbocycles. The van der Waals surface area contributed by atoms with E-state index in [4.69, 9.17) is 23.2 Å². The molecule has 112 valence electrons. The molecule has 1 amide bonds. The van der Waals surface area contributed by atoms with Crippen LogP contribution < -0.4 is 5.32 Å². The number of rotatable bonds is 2. The number of thiophene rings is 1. The van der Waals surface area contributed by atoms with Gasteiger partial charge in [-0.1, -0.05) is 29.3 Å². The van der Waals surface area contributed by atoms with Crippen LogP contribution in [0.3, 0.4) is 0 Å². The first-order valence-electron chi connectivity index (χ1n) is 6.32. The lowest BCUT2D eigenvalue weighted by molar-refractivity contribution is -0.115. The van der Waals surface area contributed by atoms with E-state index in [0.29, 0.717) is 25.8 Å². The summed E-state index contributed by atoms with van der Waals surface area (Å²) < 4.78 is 0. The molecule has 3 nitrogen and oxygen atoms in total. The second kappa shape index (κ2) is 6.46. The van der Waals surface area contributed by atoms with Crippen molar-refractivity contribution in [3.8, 4) is 0 Å². The SMILES string of the molecule is Cc1ccsc1/C=C1\SC(=Nc2cccc(Cl)c2Cl)NC1=O. The first-order chi connectivity index (χ1) is 10.5. The Morgan fingerprint density at radius 2 is 2.09 bits per heavy atom. The molecule has 1 saturated heterocycles. The molecule has 1 fully saturated rings. The Balaban J connectivity index is 1.89. The van der Waals surface area contributed by atoms with Gasteiger partial charge in [-0.2, -0.15) is 0 Å². The van der Waals surface area contributed by atoms with Gasteiger partial charge in [-0.25, -0.2) is 4.99 Å². The van der Waals surface area contributed by atoms with Crippen molar-refractivity contribution in [3.63, 3.8) is 0 Å². The normalized spacial score (nSPS) is 18.2. The molecule has 0 aliphatic carbocycles. The largest absolute Gasteiger partial charge is 0.300 e. The minimum Gasteiger partial charge on any atom is -0.300 e. The molecule has 1 aliphatic heterocycles. The minimum absolute atomic E-state index is 0.158. The molecular weight excluding hydrogens is 359 g/mol. The average Bonchev–Trinajstić information content (AvgIpc) is 3.03. The van der Waals surface area contributed by atoms with Gasteiger partial charge < -0.3 is 5.32 Å². The molecule has 1 aromatic carbocycles. The standard InChI is InChI=1S/C15H10Cl2N2OS2/c1-8-5-6-21-11(8)7-12-14(20)19-15(22-12)18-10-4-2-3-9(16)13(10)17/h2-7H,1H3,(H,18,19,20)/b12-7-. The number of aliphatic imine (C=N–C) groups is 1. The molecular formula is C15H10Cl2N2OS2. The first kappa shape index (κ1) is 15.6. The zero-order valence-corrected chi connectivity index (χ0v) is 14.5. The van der Waals surface area contributed by atoms with Crippen molar-refractivity contribution < 1.29 is 4.79 Å². The fraction of sp³-hybridized carbons (Fsp3) is 0.0667. The number of hydrogen-bond donors (Lipinski definition) is 1. The summed E-state index contributed by atoms with van der Waals surface area (Å²) in [5, 5.41) is 6.04. The monoisotopic (exact) mass is 368 g/mol. The highest BCUT2D eigenvalue weighted by atomic mass is 35.5. The molecule has 1 N–H and O–H groups in total. The van der Waals surface area contributed by atoms with E-state index >= 15 is 0 Å². The number of nitrogens with one attached hydrogen (secondary N) is 1. The molecule has 0 unspecified atom stereocenters. The number of amides is 1. The van der Waals surface area contributed by atoms with E-state index < -0.39 is 0 Å². The van der Waals surface area contributed by atoms with Gasteiger partial charge >= 0.3 is 0 Å². The van der Waals surface area contributed by atoms with E-state index in [-0.39, 0.29) is 5.91 Å². The number of carbonyl (C=O) groups is 1. The Labute approximate surface area is 146 Å². The molecule has 1 aliphatic rings. The maximum atomic E-state index is 12.0. The first-order valence-corrected chi connectivity index (χ1v) is 8.77. The van der Waals surface area contributed by atoms with Gasteiger partial charge in [0.15, 0.2) is 5.17 Å². The topological polar surface area (TPSA) is 41.5 Å². The van der Waals surface area contributed by atoms with Crippen molar-refractivity contribution >= 4 is 69.1 Å². The maximum absolute atomic E-state index is 12.0. The Morgan fingerprint density at radius 1 is 1.27 bits per heavy atom. The van der Waals surface area contributed by atoms with Gasteiger partial charge in [0.05, 0.1) is 20.6 Å². The third-order valence-corrected chi connectivity index (χ3v) is 5.65. The van der Waals surface area contributed by atoms with Gasteiger partial charge in [0.1, 0.15) is 0 Å². The third kappa shape index (κ3) is 3.22. The predicted octanol–water partition coefficient (Wildman–Crippen LogP) is 5.25. The number of halogens is 2. The van der Waals surface area contributed by atoms with E-state index in [1.54, 1.807) is 29.5 Å². The number of thioether (sulfide) groups is 1. The summed E-state index contributed by atoms with van der Waals surface area (Å²) in [5.41, 5.74) is 1.68. The Hall–Kier alpha value is -1.27. The average molecular weight is 369 g/mol. The molecule has 0 bridgehead atoms. The van der Waals surface area contributed by atoms with E-state index in [0.717, 1.165) is 10.4 Å². The number of amidine groups is 1. The lowest BCUT2D eigenvalue weighted by atomic mass is 10.3. The summed E-state index contributed by atoms with van der Waals surface area (Å²) >= 11 is 15.0. The second-order valence-electron chi connectivity index (χ2n) is 4.52. The number of aryl methyl sites for hydroxylation is 1. The van der Waals surface area contributed by atoms with Crippen molar-refractivity contribution in [2.24, 2.45) is 4.99 Å². The van der Waals surface area contributed by atoms with Crippen molar-refractivity contribution in [1.82, 2.24) is 5.32 Å². The molecule has 0 spiro atoms. The van der Waals surface area contributed by atoms with Gasteiger partial charge in [-0.3, -0.25) is 4.79 Å². The third-order valence-electron chi connectivity index (χ3n) is 2.97. The number of carbonyl (C=O) groups excluding carboxylic acids is 1. The second-order valence-corrected chi connectivity index (χ2v) is 7.29. The van der Waals surface area contributed by atoms with Crippen LogP contribution in [-0.2, 0) is 4.79 Å². The summed E-state index contributed by atoms with van der Waals surface area (Å²) in [5.74, 6) is -0.158. The zero-order valence-electron chi connectivity index (χ0n) is 11.4. The van der Waals surface area contributed by atoms with Crippen LogP contribution in [0.25, 0.3) is 6.08 Å². The Morgan fingerprint density at radius 3 is 2.82 bits per heavy atom. The lowest BCUT2D eigenvalue weighted by Gasteiger charge is -2.00.